The Balaban J connectivity index is 1.78. The molecule has 0 atom stereocenters. The summed E-state index contributed by atoms with van der Waals surface area (Å²) < 4.78 is 5.54. The third-order valence-electron chi connectivity index (χ3n) is 4.76. The number of esters is 1. The van der Waals surface area contributed by atoms with Crippen molar-refractivity contribution in [1.82, 2.24) is 0 Å². The maximum atomic E-state index is 12.3. The Morgan fingerprint density at radius 3 is 2.54 bits per heavy atom. The van der Waals surface area contributed by atoms with Crippen molar-refractivity contribution in [3.63, 3.8) is 0 Å². The molecule has 0 amide bonds. The zero-order valence-electron chi connectivity index (χ0n) is 14.5. The molecule has 0 radical (unpaired) electrons. The monoisotopic (exact) mass is 325 g/mol. The number of aryl methyl sites for hydroxylation is 1. The minimum Gasteiger partial charge on any atom is -0.426 e. The molecule has 0 N–H and O–H groups in total. The number of nitrogens with zero attached hydrogens (tertiary/aromatic N) is 1. The quantitative estimate of drug-likeness (QED) is 0.299. The second-order valence-corrected chi connectivity index (χ2v) is 6.62. The van der Waals surface area contributed by atoms with Gasteiger partial charge >= 0.3 is 5.97 Å². The van der Waals surface area contributed by atoms with Gasteiger partial charge in [-0.1, -0.05) is 38.0 Å². The number of carbonyl (C=O) groups excluding carboxylic acids is 1. The Morgan fingerprint density at radius 1 is 1.21 bits per heavy atom. The van der Waals surface area contributed by atoms with E-state index in [1.807, 2.05) is 24.3 Å². The predicted octanol–water partition coefficient (Wildman–Crippen LogP) is 5.21. The Morgan fingerprint density at radius 2 is 1.92 bits per heavy atom. The number of carbonyl (C=O) groups is 1. The number of hydrogen-bond acceptors (Lipinski definition) is 3. The highest BCUT2D eigenvalue weighted by atomic mass is 16.5. The van der Waals surface area contributed by atoms with Gasteiger partial charge < -0.3 is 4.74 Å². The van der Waals surface area contributed by atoms with E-state index in [4.69, 9.17) is 10.00 Å². The van der Waals surface area contributed by atoms with Crippen LogP contribution < -0.4 is 4.74 Å². The van der Waals surface area contributed by atoms with E-state index in [0.29, 0.717) is 11.7 Å². The lowest BCUT2D eigenvalue weighted by Crippen LogP contribution is -2.25. The lowest BCUT2D eigenvalue weighted by molar-refractivity contribution is -0.140. The number of ether oxygens (including phenoxy) is 1. The Bertz CT molecular complexity index is 575. The van der Waals surface area contributed by atoms with Crippen molar-refractivity contribution in [2.45, 2.75) is 58.3 Å². The van der Waals surface area contributed by atoms with Gasteiger partial charge in [0.2, 0.25) is 0 Å². The van der Waals surface area contributed by atoms with Gasteiger partial charge in [-0.05, 0) is 62.1 Å². The second-order valence-electron chi connectivity index (χ2n) is 6.62. The van der Waals surface area contributed by atoms with Gasteiger partial charge in [0.15, 0.2) is 0 Å². The van der Waals surface area contributed by atoms with Gasteiger partial charge in [-0.2, -0.15) is 5.26 Å². The number of allylic oxidation sites excluding steroid dienone is 2. The summed E-state index contributed by atoms with van der Waals surface area (Å²) in [6.07, 6.45) is 11.9. The van der Waals surface area contributed by atoms with Crippen LogP contribution in [0.5, 0.6) is 5.75 Å². The zero-order chi connectivity index (χ0) is 17.2. The lowest BCUT2D eigenvalue weighted by atomic mass is 9.82. The van der Waals surface area contributed by atoms with Crippen molar-refractivity contribution in [2.75, 3.05) is 0 Å². The summed E-state index contributed by atoms with van der Waals surface area (Å²) in [6, 6.07) is 9.95. The molecule has 0 heterocycles. The van der Waals surface area contributed by atoms with Crippen LogP contribution in [0.25, 0.3) is 0 Å². The maximum Gasteiger partial charge on any atom is 0.314 e. The summed E-state index contributed by atoms with van der Waals surface area (Å²) in [5.41, 5.74) is 1.30. The van der Waals surface area contributed by atoms with Crippen molar-refractivity contribution in [3.8, 4) is 11.8 Å². The Labute approximate surface area is 145 Å². The fourth-order valence-corrected chi connectivity index (χ4v) is 3.23. The van der Waals surface area contributed by atoms with Crippen LogP contribution in [0, 0.1) is 23.2 Å². The largest absolute Gasteiger partial charge is 0.426 e. The molecule has 1 aliphatic carbocycles. The van der Waals surface area contributed by atoms with Gasteiger partial charge in [0.05, 0.1) is 12.0 Å². The normalized spacial score (nSPS) is 20.7. The minimum absolute atomic E-state index is 0.0130. The molecule has 3 nitrogen and oxygen atoms in total. The average molecular weight is 325 g/mol. The number of unbranched alkanes of at least 4 members (excludes halogenated alkanes) is 2. The first-order chi connectivity index (χ1) is 11.7. The topological polar surface area (TPSA) is 50.1 Å². The molecule has 128 valence electrons. The number of nitriles is 1. The lowest BCUT2D eigenvalue weighted by Gasteiger charge is -2.25. The van der Waals surface area contributed by atoms with E-state index in [0.717, 1.165) is 32.1 Å². The van der Waals surface area contributed by atoms with Crippen LogP contribution in [0.2, 0.25) is 0 Å². The molecule has 0 aliphatic heterocycles. The standard InChI is InChI=1S/C21H27NO2/c1-2-3-4-6-17-10-14-20(15-11-17)24-21(23)19-12-8-18(9-13-19)7-5-16-22/h5,7,10-11,14-15,18-19H,2-4,6,8-9,12-13H2,1H3/t18-,19-. The molecule has 0 aromatic heterocycles. The zero-order valence-corrected chi connectivity index (χ0v) is 14.5. The third kappa shape index (κ3) is 5.85. The molecule has 1 aromatic carbocycles. The second kappa shape index (κ2) is 9.93. The van der Waals surface area contributed by atoms with E-state index in [9.17, 15) is 4.79 Å². The molecular formula is C21H27NO2. The first-order valence-electron chi connectivity index (χ1n) is 9.10. The summed E-state index contributed by atoms with van der Waals surface area (Å²) in [6.45, 7) is 2.20. The van der Waals surface area contributed by atoms with Crippen LogP contribution >= 0.6 is 0 Å². The van der Waals surface area contributed by atoms with Crippen LogP contribution in [0.15, 0.2) is 36.4 Å². The molecule has 2 rings (SSSR count). The van der Waals surface area contributed by atoms with Crippen LogP contribution in [-0.4, -0.2) is 5.97 Å². The van der Waals surface area contributed by atoms with Crippen molar-refractivity contribution >= 4 is 5.97 Å². The fraction of sp³-hybridized carbons (Fsp3) is 0.524. The SMILES string of the molecule is CCCCCc1ccc(OC(=O)[C@H]2CC[C@H](C=CC#N)CC2)cc1. The van der Waals surface area contributed by atoms with E-state index < -0.39 is 0 Å². The molecule has 0 saturated heterocycles. The summed E-state index contributed by atoms with van der Waals surface area (Å²) in [5.74, 6) is 0.944. The van der Waals surface area contributed by atoms with Crippen molar-refractivity contribution in [2.24, 2.45) is 11.8 Å². The summed E-state index contributed by atoms with van der Waals surface area (Å²) in [5, 5.41) is 8.57. The number of hydrogen-bond donors (Lipinski definition) is 0. The van der Waals surface area contributed by atoms with Crippen molar-refractivity contribution in [1.29, 1.82) is 5.26 Å². The van der Waals surface area contributed by atoms with Crippen LogP contribution in [0.4, 0.5) is 0 Å². The molecule has 1 aliphatic rings. The van der Waals surface area contributed by atoms with E-state index >= 15 is 0 Å². The molecule has 1 aromatic rings. The highest BCUT2D eigenvalue weighted by molar-refractivity contribution is 5.75. The van der Waals surface area contributed by atoms with Crippen molar-refractivity contribution < 1.29 is 9.53 Å². The predicted molar refractivity (Wildman–Crippen MR) is 95.5 cm³/mol. The molecule has 24 heavy (non-hydrogen) atoms. The van der Waals surface area contributed by atoms with Crippen molar-refractivity contribution in [3.05, 3.63) is 42.0 Å². The maximum absolute atomic E-state index is 12.3. The molecule has 0 bridgehead atoms. The fourth-order valence-electron chi connectivity index (χ4n) is 3.23. The Hall–Kier alpha value is -2.08. The number of rotatable bonds is 7. The van der Waals surface area contributed by atoms with E-state index in [1.54, 1.807) is 6.08 Å². The minimum atomic E-state index is -0.114. The number of benzene rings is 1. The van der Waals surface area contributed by atoms with Gasteiger partial charge in [-0.25, -0.2) is 0 Å². The average Bonchev–Trinajstić information content (AvgIpc) is 2.62. The smallest absolute Gasteiger partial charge is 0.314 e. The first kappa shape index (κ1) is 18.3. The summed E-state index contributed by atoms with van der Waals surface area (Å²) >= 11 is 0. The van der Waals surface area contributed by atoms with Crippen LogP contribution in [0.3, 0.4) is 0 Å². The molecule has 3 heteroatoms. The van der Waals surface area contributed by atoms with E-state index in [1.165, 1.54) is 24.8 Å². The Kier molecular flexibility index (Phi) is 7.55. The molecular weight excluding hydrogens is 298 g/mol. The van der Waals surface area contributed by atoms with Crippen LogP contribution in [-0.2, 0) is 11.2 Å². The van der Waals surface area contributed by atoms with Gasteiger partial charge in [-0.3, -0.25) is 4.79 Å². The molecule has 0 unspecified atom stereocenters. The highest BCUT2D eigenvalue weighted by Crippen LogP contribution is 2.30. The van der Waals surface area contributed by atoms with E-state index in [-0.39, 0.29) is 11.9 Å². The highest BCUT2D eigenvalue weighted by Gasteiger charge is 2.26. The molecule has 0 spiro atoms. The molecule has 1 saturated carbocycles. The summed E-state index contributed by atoms with van der Waals surface area (Å²) in [7, 11) is 0. The summed E-state index contributed by atoms with van der Waals surface area (Å²) in [4.78, 5) is 12.3. The first-order valence-corrected chi connectivity index (χ1v) is 9.10. The van der Waals surface area contributed by atoms with E-state index in [2.05, 4.69) is 19.1 Å². The third-order valence-corrected chi connectivity index (χ3v) is 4.76. The van der Waals surface area contributed by atoms with Gasteiger partial charge in [-0.15, -0.1) is 0 Å². The van der Waals surface area contributed by atoms with Crippen LogP contribution in [0.1, 0.15) is 57.4 Å². The van der Waals surface area contributed by atoms with Gasteiger partial charge in [0, 0.05) is 6.08 Å². The molecule has 1 fully saturated rings. The van der Waals surface area contributed by atoms with Gasteiger partial charge in [0.25, 0.3) is 0 Å². The van der Waals surface area contributed by atoms with Gasteiger partial charge in [0.1, 0.15) is 5.75 Å².